The zero-order valence-electron chi connectivity index (χ0n) is 32.0. The summed E-state index contributed by atoms with van der Waals surface area (Å²) in [7, 11) is 0. The standard InChI is InChI=1S/C53H48N2/c1-37-22-33-49(48-20-12-13-21-50(48)53(55)35-34-52(54)45-31-29-44(30-32-45)42-16-8-5-9-17-42)51(36-37)47-19-11-10-18-46(47)39(3)24-23-38(2)40-25-27-43(28-26-40)41-14-6-4-7-15-41/h5-6,8-36H,4,7,54-55H2,1-3H3/b38-23+,39-24+,52-34-,53-35-. The number of rotatable bonds is 10. The van der Waals surface area contributed by atoms with E-state index in [0.29, 0.717) is 11.4 Å². The Hall–Kier alpha value is -6.64. The van der Waals surface area contributed by atoms with E-state index in [1.54, 1.807) is 0 Å². The molecule has 0 radical (unpaired) electrons. The Labute approximate surface area is 326 Å². The molecule has 55 heavy (non-hydrogen) atoms. The molecule has 0 atom stereocenters. The molecule has 0 bridgehead atoms. The average Bonchev–Trinajstić information content (AvgIpc) is 3.25. The van der Waals surface area contributed by atoms with Gasteiger partial charge in [-0.05, 0) is 118 Å². The summed E-state index contributed by atoms with van der Waals surface area (Å²) < 4.78 is 0. The molecule has 6 aromatic carbocycles. The van der Waals surface area contributed by atoms with Crippen molar-refractivity contribution in [3.05, 3.63) is 222 Å². The van der Waals surface area contributed by atoms with E-state index in [-0.39, 0.29) is 0 Å². The largest absolute Gasteiger partial charge is 0.398 e. The number of hydrogen-bond donors (Lipinski definition) is 2. The molecule has 1 aliphatic rings. The topological polar surface area (TPSA) is 52.0 Å². The summed E-state index contributed by atoms with van der Waals surface area (Å²) in [5.41, 5.74) is 32.1. The fourth-order valence-electron chi connectivity index (χ4n) is 7.19. The molecule has 4 N–H and O–H groups in total. The monoisotopic (exact) mass is 712 g/mol. The first-order chi connectivity index (χ1) is 26.9. The molecule has 7 rings (SSSR count). The third-order valence-electron chi connectivity index (χ3n) is 10.4. The van der Waals surface area contributed by atoms with E-state index in [4.69, 9.17) is 11.5 Å². The molecule has 0 aromatic heterocycles. The van der Waals surface area contributed by atoms with Gasteiger partial charge >= 0.3 is 0 Å². The lowest BCUT2D eigenvalue weighted by atomic mass is 9.86. The Balaban J connectivity index is 1.18. The van der Waals surface area contributed by atoms with Gasteiger partial charge in [-0.2, -0.15) is 0 Å². The van der Waals surface area contributed by atoms with Gasteiger partial charge in [0.1, 0.15) is 0 Å². The van der Waals surface area contributed by atoms with Crippen LogP contribution in [0.4, 0.5) is 0 Å². The number of hydrogen-bond acceptors (Lipinski definition) is 2. The van der Waals surface area contributed by atoms with E-state index in [2.05, 4.69) is 172 Å². The zero-order chi connectivity index (χ0) is 38.1. The van der Waals surface area contributed by atoms with Gasteiger partial charge < -0.3 is 11.5 Å². The molecule has 0 aliphatic heterocycles. The van der Waals surface area contributed by atoms with E-state index in [0.717, 1.165) is 40.7 Å². The second-order valence-electron chi connectivity index (χ2n) is 14.2. The molecule has 0 spiro atoms. The minimum atomic E-state index is 0.649. The summed E-state index contributed by atoms with van der Waals surface area (Å²) in [6.07, 6.45) is 17.3. The van der Waals surface area contributed by atoms with Crippen molar-refractivity contribution < 1.29 is 0 Å². The van der Waals surface area contributed by atoms with E-state index >= 15 is 0 Å². The highest BCUT2D eigenvalue weighted by atomic mass is 14.6. The molecule has 0 heterocycles. The lowest BCUT2D eigenvalue weighted by molar-refractivity contribution is 1.04. The maximum atomic E-state index is 6.86. The van der Waals surface area contributed by atoms with Crippen LogP contribution in [0, 0.1) is 6.92 Å². The van der Waals surface area contributed by atoms with Crippen molar-refractivity contribution in [2.75, 3.05) is 0 Å². The molecule has 0 saturated carbocycles. The number of nitrogens with two attached hydrogens (primary N) is 2. The van der Waals surface area contributed by atoms with E-state index in [1.165, 1.54) is 55.7 Å². The quantitative estimate of drug-likeness (QED) is 0.139. The maximum Gasteiger partial charge on any atom is 0.0394 e. The van der Waals surface area contributed by atoms with Crippen molar-refractivity contribution in [1.82, 2.24) is 0 Å². The molecule has 0 saturated heterocycles. The van der Waals surface area contributed by atoms with Crippen LogP contribution < -0.4 is 11.5 Å². The summed E-state index contributed by atoms with van der Waals surface area (Å²) in [5.74, 6) is 0. The summed E-state index contributed by atoms with van der Waals surface area (Å²) in [5, 5.41) is 0. The summed E-state index contributed by atoms with van der Waals surface area (Å²) in [6, 6.07) is 51.3. The lowest BCUT2D eigenvalue weighted by Gasteiger charge is -2.18. The maximum absolute atomic E-state index is 6.86. The second-order valence-corrected chi connectivity index (χ2v) is 14.2. The number of allylic oxidation sites excluding steroid dienone is 10. The van der Waals surface area contributed by atoms with Crippen LogP contribution in [-0.4, -0.2) is 0 Å². The Kier molecular flexibility index (Phi) is 11.4. The Morgan fingerprint density at radius 3 is 1.76 bits per heavy atom. The average molecular weight is 713 g/mol. The van der Waals surface area contributed by atoms with Gasteiger partial charge in [0.05, 0.1) is 0 Å². The third-order valence-corrected chi connectivity index (χ3v) is 10.4. The molecule has 1 aliphatic carbocycles. The number of benzene rings is 6. The van der Waals surface area contributed by atoms with Crippen molar-refractivity contribution in [2.45, 2.75) is 33.6 Å². The van der Waals surface area contributed by atoms with Gasteiger partial charge in [0.15, 0.2) is 0 Å². The lowest BCUT2D eigenvalue weighted by Crippen LogP contribution is -2.01. The molecule has 270 valence electrons. The predicted molar refractivity (Wildman–Crippen MR) is 238 cm³/mol. The van der Waals surface area contributed by atoms with Gasteiger partial charge in [-0.15, -0.1) is 0 Å². The van der Waals surface area contributed by atoms with Crippen LogP contribution >= 0.6 is 0 Å². The van der Waals surface area contributed by atoms with Crippen LogP contribution in [0.5, 0.6) is 0 Å². The SMILES string of the molecule is C/C(=C\C=C(/C)c1ccccc1-c1cc(C)ccc1-c1ccccc1/C(N)=C/C=C(\N)c1ccc(-c2ccccc2)cc1)c1ccc(C2=CCCC=C2)cc1. The van der Waals surface area contributed by atoms with E-state index in [9.17, 15) is 0 Å². The molecule has 2 nitrogen and oxygen atoms in total. The summed E-state index contributed by atoms with van der Waals surface area (Å²) in [6.45, 7) is 6.53. The van der Waals surface area contributed by atoms with Gasteiger partial charge in [0, 0.05) is 17.0 Å². The summed E-state index contributed by atoms with van der Waals surface area (Å²) in [4.78, 5) is 0. The van der Waals surface area contributed by atoms with Crippen molar-refractivity contribution in [3.8, 4) is 33.4 Å². The van der Waals surface area contributed by atoms with Gasteiger partial charge in [-0.1, -0.05) is 182 Å². The highest BCUT2D eigenvalue weighted by Gasteiger charge is 2.16. The van der Waals surface area contributed by atoms with Gasteiger partial charge in [-0.25, -0.2) is 0 Å². The van der Waals surface area contributed by atoms with Crippen LogP contribution in [0.1, 0.15) is 60.1 Å². The second kappa shape index (κ2) is 17.0. The Morgan fingerprint density at radius 1 is 0.473 bits per heavy atom. The fourth-order valence-corrected chi connectivity index (χ4v) is 7.19. The Morgan fingerprint density at radius 2 is 1.05 bits per heavy atom. The minimum Gasteiger partial charge on any atom is -0.398 e. The molecule has 0 unspecified atom stereocenters. The molecular weight excluding hydrogens is 665 g/mol. The smallest absolute Gasteiger partial charge is 0.0394 e. The van der Waals surface area contributed by atoms with Gasteiger partial charge in [-0.3, -0.25) is 0 Å². The molecule has 2 heteroatoms. The van der Waals surface area contributed by atoms with Crippen LogP contribution in [0.15, 0.2) is 188 Å². The van der Waals surface area contributed by atoms with E-state index in [1.807, 2.05) is 36.4 Å². The van der Waals surface area contributed by atoms with Crippen molar-refractivity contribution in [1.29, 1.82) is 0 Å². The summed E-state index contributed by atoms with van der Waals surface area (Å²) >= 11 is 0. The predicted octanol–water partition coefficient (Wildman–Crippen LogP) is 13.5. The first-order valence-corrected chi connectivity index (χ1v) is 19.1. The first-order valence-electron chi connectivity index (χ1n) is 19.1. The zero-order valence-corrected chi connectivity index (χ0v) is 32.0. The fraction of sp³-hybridized carbons (Fsp3) is 0.0943. The molecule has 0 fully saturated rings. The number of aryl methyl sites for hydroxylation is 1. The van der Waals surface area contributed by atoms with Gasteiger partial charge in [0.2, 0.25) is 0 Å². The Bertz CT molecular complexity index is 2490. The normalized spacial score (nSPS) is 13.8. The van der Waals surface area contributed by atoms with Crippen LogP contribution in [0.25, 0.3) is 61.5 Å². The molecule has 0 amide bonds. The van der Waals surface area contributed by atoms with Crippen LogP contribution in [0.3, 0.4) is 0 Å². The first kappa shape index (κ1) is 36.7. The minimum absolute atomic E-state index is 0.649. The molecular formula is C53H48N2. The van der Waals surface area contributed by atoms with Crippen molar-refractivity contribution in [2.24, 2.45) is 11.5 Å². The van der Waals surface area contributed by atoms with Crippen LogP contribution in [0.2, 0.25) is 0 Å². The highest BCUT2D eigenvalue weighted by molar-refractivity contribution is 5.94. The van der Waals surface area contributed by atoms with Crippen molar-refractivity contribution in [3.63, 3.8) is 0 Å². The van der Waals surface area contributed by atoms with Crippen molar-refractivity contribution >= 4 is 28.1 Å². The third kappa shape index (κ3) is 8.61. The molecule has 6 aromatic rings. The van der Waals surface area contributed by atoms with Crippen LogP contribution in [-0.2, 0) is 0 Å². The van der Waals surface area contributed by atoms with Gasteiger partial charge in [0.25, 0.3) is 0 Å². The highest BCUT2D eigenvalue weighted by Crippen LogP contribution is 2.39. The van der Waals surface area contributed by atoms with E-state index < -0.39 is 0 Å².